The normalized spacial score (nSPS) is 10.3. The summed E-state index contributed by atoms with van der Waals surface area (Å²) in [5.74, 6) is 1.43. The number of methoxy groups -OCH3 is 2. The van der Waals surface area contributed by atoms with Gasteiger partial charge in [0.05, 0.1) is 13.7 Å². The summed E-state index contributed by atoms with van der Waals surface area (Å²) in [4.78, 5) is 10.2. The monoisotopic (exact) mass is 240 g/mol. The molecule has 6 heteroatoms. The third kappa shape index (κ3) is 4.97. The van der Waals surface area contributed by atoms with Crippen LogP contribution in [0.4, 0.5) is 5.82 Å². The van der Waals surface area contributed by atoms with E-state index in [-0.39, 0.29) is 0 Å². The van der Waals surface area contributed by atoms with Gasteiger partial charge < -0.3 is 19.7 Å². The molecule has 17 heavy (non-hydrogen) atoms. The molecule has 0 bridgehead atoms. The van der Waals surface area contributed by atoms with E-state index in [2.05, 4.69) is 15.3 Å². The maximum Gasteiger partial charge on any atom is 0.218 e. The topological polar surface area (TPSA) is 59.5 Å². The molecule has 0 fully saturated rings. The molecule has 96 valence electrons. The Kier molecular flexibility index (Phi) is 6.27. The fourth-order valence-electron chi connectivity index (χ4n) is 1.31. The van der Waals surface area contributed by atoms with E-state index in [1.54, 1.807) is 14.2 Å². The van der Waals surface area contributed by atoms with E-state index in [0.717, 1.165) is 32.1 Å². The average Bonchev–Trinajstić information content (AvgIpc) is 2.38. The van der Waals surface area contributed by atoms with E-state index < -0.39 is 0 Å². The second-order valence-corrected chi connectivity index (χ2v) is 3.58. The zero-order valence-corrected chi connectivity index (χ0v) is 10.6. The predicted octanol–water partition coefficient (Wildman–Crippen LogP) is 0.157. The van der Waals surface area contributed by atoms with Crippen molar-refractivity contribution in [1.82, 2.24) is 15.3 Å². The Bertz CT molecular complexity index is 322. The number of aromatic nitrogens is 2. The molecule has 0 amide bonds. The summed E-state index contributed by atoms with van der Waals surface area (Å²) < 4.78 is 10.0. The summed E-state index contributed by atoms with van der Waals surface area (Å²) in [6, 6.07) is 1.81. The van der Waals surface area contributed by atoms with E-state index in [1.807, 2.05) is 18.0 Å². The quantitative estimate of drug-likeness (QED) is 0.653. The molecular formula is C11H20N4O2. The van der Waals surface area contributed by atoms with Crippen LogP contribution < -0.4 is 15.0 Å². The number of ether oxygens (including phenoxy) is 2. The van der Waals surface area contributed by atoms with E-state index >= 15 is 0 Å². The Balaban J connectivity index is 2.33. The number of nitrogens with zero attached hydrogens (tertiary/aromatic N) is 3. The van der Waals surface area contributed by atoms with Gasteiger partial charge in [-0.2, -0.15) is 0 Å². The molecule has 1 heterocycles. The van der Waals surface area contributed by atoms with Crippen LogP contribution in [0.25, 0.3) is 0 Å². The van der Waals surface area contributed by atoms with Crippen LogP contribution in [-0.2, 0) is 4.74 Å². The molecule has 0 unspecified atom stereocenters. The van der Waals surface area contributed by atoms with Gasteiger partial charge in [-0.25, -0.2) is 9.97 Å². The molecule has 0 aromatic carbocycles. The molecule has 0 saturated carbocycles. The van der Waals surface area contributed by atoms with Gasteiger partial charge in [-0.3, -0.25) is 0 Å². The second kappa shape index (κ2) is 7.81. The van der Waals surface area contributed by atoms with Crippen LogP contribution in [0.1, 0.15) is 0 Å². The van der Waals surface area contributed by atoms with Crippen molar-refractivity contribution < 1.29 is 9.47 Å². The first-order valence-corrected chi connectivity index (χ1v) is 5.54. The number of rotatable bonds is 8. The summed E-state index contributed by atoms with van der Waals surface area (Å²) in [7, 11) is 5.28. The van der Waals surface area contributed by atoms with E-state index in [1.165, 1.54) is 6.33 Å². The van der Waals surface area contributed by atoms with Gasteiger partial charge in [-0.05, 0) is 0 Å². The van der Waals surface area contributed by atoms with Gasteiger partial charge in [-0.15, -0.1) is 0 Å². The van der Waals surface area contributed by atoms with Crippen LogP contribution in [0.2, 0.25) is 0 Å². The van der Waals surface area contributed by atoms with Crippen LogP contribution in [0.15, 0.2) is 12.4 Å². The molecule has 1 aromatic rings. The lowest BCUT2D eigenvalue weighted by Gasteiger charge is -2.18. The first kappa shape index (κ1) is 13.7. The van der Waals surface area contributed by atoms with Gasteiger partial charge in [0, 0.05) is 39.9 Å². The number of hydrogen-bond acceptors (Lipinski definition) is 6. The van der Waals surface area contributed by atoms with Crippen molar-refractivity contribution in [2.24, 2.45) is 0 Å². The Morgan fingerprint density at radius 1 is 1.29 bits per heavy atom. The second-order valence-electron chi connectivity index (χ2n) is 3.58. The molecule has 0 aliphatic carbocycles. The van der Waals surface area contributed by atoms with Gasteiger partial charge >= 0.3 is 0 Å². The highest BCUT2D eigenvalue weighted by Crippen LogP contribution is 2.13. The molecular weight excluding hydrogens is 220 g/mol. The Labute approximate surface area is 102 Å². The zero-order valence-electron chi connectivity index (χ0n) is 10.6. The van der Waals surface area contributed by atoms with Crippen molar-refractivity contribution in [2.75, 3.05) is 52.4 Å². The summed E-state index contributed by atoms with van der Waals surface area (Å²) in [6.07, 6.45) is 1.50. The van der Waals surface area contributed by atoms with Crippen LogP contribution in [0.5, 0.6) is 5.88 Å². The van der Waals surface area contributed by atoms with E-state index in [4.69, 9.17) is 9.47 Å². The number of likely N-dealkylation sites (N-methyl/N-ethyl adjacent to an activating group) is 1. The molecule has 0 aliphatic rings. The molecule has 0 atom stereocenters. The smallest absolute Gasteiger partial charge is 0.218 e. The van der Waals surface area contributed by atoms with Crippen LogP contribution in [-0.4, -0.2) is 57.5 Å². The lowest BCUT2D eigenvalue weighted by atomic mass is 10.4. The highest BCUT2D eigenvalue weighted by Gasteiger charge is 2.03. The van der Waals surface area contributed by atoms with Crippen molar-refractivity contribution in [2.45, 2.75) is 0 Å². The van der Waals surface area contributed by atoms with Gasteiger partial charge in [0.2, 0.25) is 5.88 Å². The fourth-order valence-corrected chi connectivity index (χ4v) is 1.31. The van der Waals surface area contributed by atoms with E-state index in [0.29, 0.717) is 5.88 Å². The Hall–Kier alpha value is -1.40. The van der Waals surface area contributed by atoms with Crippen molar-refractivity contribution in [1.29, 1.82) is 0 Å². The maximum atomic E-state index is 5.05. The average molecular weight is 240 g/mol. The highest BCUT2D eigenvalue weighted by molar-refractivity contribution is 5.39. The third-order valence-electron chi connectivity index (χ3n) is 2.33. The zero-order chi connectivity index (χ0) is 12.5. The van der Waals surface area contributed by atoms with Crippen molar-refractivity contribution in [3.63, 3.8) is 0 Å². The lowest BCUT2D eigenvalue weighted by molar-refractivity contribution is 0.200. The Morgan fingerprint density at radius 3 is 2.82 bits per heavy atom. The molecule has 1 rings (SSSR count). The maximum absolute atomic E-state index is 5.05. The minimum absolute atomic E-state index is 0.578. The lowest BCUT2D eigenvalue weighted by Crippen LogP contribution is -2.31. The van der Waals surface area contributed by atoms with Crippen molar-refractivity contribution in [3.8, 4) is 5.88 Å². The molecule has 0 spiro atoms. The van der Waals surface area contributed by atoms with Gasteiger partial charge in [0.25, 0.3) is 0 Å². The molecule has 1 N–H and O–H groups in total. The number of hydrogen-bond donors (Lipinski definition) is 1. The minimum atomic E-state index is 0.578. The number of nitrogens with one attached hydrogen (secondary N) is 1. The standard InChI is InChI=1S/C11H20N4O2/c1-15(6-4-12-5-7-16-2)10-8-11(17-3)14-9-13-10/h8-9,12H,4-7H2,1-3H3. The van der Waals surface area contributed by atoms with Gasteiger partial charge in [0.15, 0.2) is 0 Å². The van der Waals surface area contributed by atoms with Crippen LogP contribution in [0.3, 0.4) is 0 Å². The fraction of sp³-hybridized carbons (Fsp3) is 0.636. The first-order chi connectivity index (χ1) is 8.27. The largest absolute Gasteiger partial charge is 0.481 e. The molecule has 6 nitrogen and oxygen atoms in total. The third-order valence-corrected chi connectivity index (χ3v) is 2.33. The highest BCUT2D eigenvalue weighted by atomic mass is 16.5. The van der Waals surface area contributed by atoms with Crippen molar-refractivity contribution in [3.05, 3.63) is 12.4 Å². The first-order valence-electron chi connectivity index (χ1n) is 5.54. The van der Waals surface area contributed by atoms with Gasteiger partial charge in [0.1, 0.15) is 12.1 Å². The summed E-state index contributed by atoms with van der Waals surface area (Å²) in [5, 5.41) is 3.27. The van der Waals surface area contributed by atoms with E-state index in [9.17, 15) is 0 Å². The molecule has 1 aromatic heterocycles. The molecule has 0 saturated heterocycles. The molecule has 0 radical (unpaired) electrons. The minimum Gasteiger partial charge on any atom is -0.481 e. The predicted molar refractivity (Wildman–Crippen MR) is 66.6 cm³/mol. The SMILES string of the molecule is COCCNCCN(C)c1cc(OC)ncn1. The van der Waals surface area contributed by atoms with Crippen molar-refractivity contribution >= 4 is 5.82 Å². The molecule has 0 aliphatic heterocycles. The Morgan fingerprint density at radius 2 is 2.12 bits per heavy atom. The summed E-state index contributed by atoms with van der Waals surface area (Å²) >= 11 is 0. The van der Waals surface area contributed by atoms with Crippen LogP contribution >= 0.6 is 0 Å². The number of anilines is 1. The summed E-state index contributed by atoms with van der Waals surface area (Å²) in [6.45, 7) is 3.33. The van der Waals surface area contributed by atoms with Gasteiger partial charge in [-0.1, -0.05) is 0 Å². The van der Waals surface area contributed by atoms with Crippen LogP contribution in [0, 0.1) is 0 Å². The summed E-state index contributed by atoms with van der Waals surface area (Å²) in [5.41, 5.74) is 0.